The summed E-state index contributed by atoms with van der Waals surface area (Å²) in [6, 6.07) is 4.54. The maximum atomic E-state index is 13.1. The molecule has 7 nitrogen and oxygen atoms in total. The van der Waals surface area contributed by atoms with Gasteiger partial charge in [-0.25, -0.2) is 8.42 Å². The van der Waals surface area contributed by atoms with E-state index in [4.69, 9.17) is 21.1 Å². The predicted molar refractivity (Wildman–Crippen MR) is 99.0 cm³/mol. The van der Waals surface area contributed by atoms with Gasteiger partial charge in [-0.05, 0) is 38.0 Å². The van der Waals surface area contributed by atoms with Crippen molar-refractivity contribution in [3.8, 4) is 5.75 Å². The lowest BCUT2D eigenvalue weighted by atomic mass is 9.99. The lowest BCUT2D eigenvalue weighted by molar-refractivity contribution is -0.126. The Hall–Kier alpha value is -1.35. The van der Waals surface area contributed by atoms with Crippen molar-refractivity contribution < 1.29 is 22.7 Å². The van der Waals surface area contributed by atoms with Crippen LogP contribution in [0.25, 0.3) is 0 Å². The summed E-state index contributed by atoms with van der Waals surface area (Å²) in [5.41, 5.74) is 0. The lowest BCUT2D eigenvalue weighted by Crippen LogP contribution is -2.45. The van der Waals surface area contributed by atoms with Crippen molar-refractivity contribution in [2.45, 2.75) is 24.7 Å². The third-order valence-electron chi connectivity index (χ3n) is 4.18. The van der Waals surface area contributed by atoms with E-state index in [9.17, 15) is 13.2 Å². The molecule has 0 aliphatic carbocycles. The molecule has 0 bridgehead atoms. The van der Waals surface area contributed by atoms with Crippen LogP contribution in [0.2, 0.25) is 5.02 Å². The molecule has 146 valence electrons. The number of methoxy groups -OCH3 is 1. The highest BCUT2D eigenvalue weighted by atomic mass is 35.5. The fourth-order valence-corrected chi connectivity index (χ4v) is 4.81. The minimum atomic E-state index is -3.81. The number of carbonyl (C=O) groups is 1. The van der Waals surface area contributed by atoms with Crippen LogP contribution in [0.5, 0.6) is 5.75 Å². The quantitative estimate of drug-likeness (QED) is 0.669. The molecule has 0 aromatic heterocycles. The van der Waals surface area contributed by atoms with Gasteiger partial charge in [0.25, 0.3) is 0 Å². The Bertz CT molecular complexity index is 726. The summed E-state index contributed by atoms with van der Waals surface area (Å²) in [4.78, 5) is 12.3. The molecule has 1 amide bonds. The van der Waals surface area contributed by atoms with Gasteiger partial charge >= 0.3 is 0 Å². The number of halogens is 1. The first-order valence-corrected chi connectivity index (χ1v) is 10.4. The summed E-state index contributed by atoms with van der Waals surface area (Å²) in [5.74, 6) is -0.272. The summed E-state index contributed by atoms with van der Waals surface area (Å²) >= 11 is 6.00. The van der Waals surface area contributed by atoms with Gasteiger partial charge in [0, 0.05) is 31.8 Å². The Morgan fingerprint density at radius 2 is 2.19 bits per heavy atom. The molecule has 1 atom stereocenters. The van der Waals surface area contributed by atoms with Crippen LogP contribution in [0.1, 0.15) is 19.8 Å². The largest absolute Gasteiger partial charge is 0.492 e. The van der Waals surface area contributed by atoms with Gasteiger partial charge in [-0.2, -0.15) is 4.31 Å². The molecule has 1 aliphatic heterocycles. The van der Waals surface area contributed by atoms with Crippen LogP contribution in [0.3, 0.4) is 0 Å². The zero-order chi connectivity index (χ0) is 19.2. The van der Waals surface area contributed by atoms with E-state index in [1.807, 2.05) is 0 Å². The fraction of sp³-hybridized carbons (Fsp3) is 0.588. The Labute approximate surface area is 159 Å². The summed E-state index contributed by atoms with van der Waals surface area (Å²) in [6.45, 7) is 3.45. The molecule has 9 heteroatoms. The number of hydrogen-bond acceptors (Lipinski definition) is 5. The van der Waals surface area contributed by atoms with Gasteiger partial charge in [-0.15, -0.1) is 0 Å². The third kappa shape index (κ3) is 5.09. The maximum absolute atomic E-state index is 13.1. The van der Waals surface area contributed by atoms with Gasteiger partial charge < -0.3 is 14.8 Å². The number of carbonyl (C=O) groups excluding carboxylic acids is 1. The van der Waals surface area contributed by atoms with Gasteiger partial charge in [0.2, 0.25) is 15.9 Å². The summed E-state index contributed by atoms with van der Waals surface area (Å²) < 4.78 is 37.9. The summed E-state index contributed by atoms with van der Waals surface area (Å²) in [7, 11) is -2.25. The van der Waals surface area contributed by atoms with E-state index in [2.05, 4.69) is 5.32 Å². The third-order valence-corrected chi connectivity index (χ3v) is 6.31. The Balaban J connectivity index is 2.18. The van der Waals surface area contributed by atoms with Crippen molar-refractivity contribution in [2.75, 3.05) is 40.0 Å². The first kappa shape index (κ1) is 21.0. The highest BCUT2D eigenvalue weighted by Gasteiger charge is 2.34. The Kier molecular flexibility index (Phi) is 7.69. The Morgan fingerprint density at radius 3 is 2.88 bits per heavy atom. The number of hydrogen-bond donors (Lipinski definition) is 1. The molecule has 1 aromatic rings. The van der Waals surface area contributed by atoms with Gasteiger partial charge in [0.1, 0.15) is 10.6 Å². The van der Waals surface area contributed by atoms with E-state index in [1.165, 1.54) is 10.4 Å². The van der Waals surface area contributed by atoms with E-state index in [1.54, 1.807) is 26.2 Å². The van der Waals surface area contributed by atoms with Crippen molar-refractivity contribution in [1.29, 1.82) is 0 Å². The first-order chi connectivity index (χ1) is 12.4. The predicted octanol–water partition coefficient (Wildman–Crippen LogP) is 1.90. The van der Waals surface area contributed by atoms with Crippen LogP contribution < -0.4 is 10.1 Å². The number of amides is 1. The maximum Gasteiger partial charge on any atom is 0.246 e. The zero-order valence-corrected chi connectivity index (χ0v) is 16.6. The van der Waals surface area contributed by atoms with Crippen LogP contribution in [0.15, 0.2) is 23.1 Å². The van der Waals surface area contributed by atoms with E-state index in [0.717, 1.165) is 0 Å². The number of benzene rings is 1. The van der Waals surface area contributed by atoms with Crippen molar-refractivity contribution in [3.63, 3.8) is 0 Å². The Morgan fingerprint density at radius 1 is 1.42 bits per heavy atom. The topological polar surface area (TPSA) is 84.9 Å². The number of nitrogens with zero attached hydrogens (tertiary/aromatic N) is 1. The molecule has 1 saturated heterocycles. The second kappa shape index (κ2) is 9.55. The van der Waals surface area contributed by atoms with Crippen molar-refractivity contribution >= 4 is 27.5 Å². The SMILES string of the molecule is CCOc1ccc(Cl)cc1S(=O)(=O)N1CCC[C@H](C(=O)NCCOC)C1. The summed E-state index contributed by atoms with van der Waals surface area (Å²) in [5, 5.41) is 3.09. The van der Waals surface area contributed by atoms with E-state index in [-0.39, 0.29) is 29.0 Å². The van der Waals surface area contributed by atoms with Gasteiger partial charge in [-0.1, -0.05) is 11.6 Å². The van der Waals surface area contributed by atoms with Gasteiger partial charge in [-0.3, -0.25) is 4.79 Å². The molecule has 2 rings (SSSR count). The van der Waals surface area contributed by atoms with Crippen LogP contribution >= 0.6 is 11.6 Å². The molecule has 0 saturated carbocycles. The van der Waals surface area contributed by atoms with E-state index in [0.29, 0.717) is 44.2 Å². The van der Waals surface area contributed by atoms with Gasteiger partial charge in [0.15, 0.2) is 0 Å². The highest BCUT2D eigenvalue weighted by Crippen LogP contribution is 2.32. The van der Waals surface area contributed by atoms with Crippen LogP contribution in [0, 0.1) is 5.92 Å². The molecule has 1 N–H and O–H groups in total. The monoisotopic (exact) mass is 404 g/mol. The second-order valence-electron chi connectivity index (χ2n) is 6.01. The van der Waals surface area contributed by atoms with Crippen molar-refractivity contribution in [1.82, 2.24) is 9.62 Å². The smallest absolute Gasteiger partial charge is 0.246 e. The van der Waals surface area contributed by atoms with Crippen molar-refractivity contribution in [2.24, 2.45) is 5.92 Å². The molecule has 1 aromatic carbocycles. The zero-order valence-electron chi connectivity index (χ0n) is 15.0. The summed E-state index contributed by atoms with van der Waals surface area (Å²) in [6.07, 6.45) is 1.27. The van der Waals surface area contributed by atoms with Crippen LogP contribution in [-0.4, -0.2) is 58.6 Å². The van der Waals surface area contributed by atoms with Crippen LogP contribution in [-0.2, 0) is 19.6 Å². The highest BCUT2D eigenvalue weighted by molar-refractivity contribution is 7.89. The number of rotatable bonds is 8. The lowest BCUT2D eigenvalue weighted by Gasteiger charge is -2.31. The molecule has 26 heavy (non-hydrogen) atoms. The molecular weight excluding hydrogens is 380 g/mol. The standard InChI is InChI=1S/C17H25ClN2O5S/c1-3-25-15-7-6-14(18)11-16(15)26(22,23)20-9-4-5-13(12-20)17(21)19-8-10-24-2/h6-7,11,13H,3-5,8-10,12H2,1-2H3,(H,19,21)/t13-/m0/s1. The van der Waals surface area contributed by atoms with Crippen LogP contribution in [0.4, 0.5) is 0 Å². The molecule has 0 spiro atoms. The number of ether oxygens (including phenoxy) is 2. The van der Waals surface area contributed by atoms with E-state index < -0.39 is 10.0 Å². The average Bonchev–Trinajstić information content (AvgIpc) is 2.63. The molecule has 1 heterocycles. The number of sulfonamides is 1. The minimum Gasteiger partial charge on any atom is -0.492 e. The minimum absolute atomic E-state index is 0.0345. The second-order valence-corrected chi connectivity index (χ2v) is 8.35. The van der Waals surface area contributed by atoms with Gasteiger partial charge in [0.05, 0.1) is 19.1 Å². The molecule has 0 unspecified atom stereocenters. The first-order valence-electron chi connectivity index (χ1n) is 8.59. The van der Waals surface area contributed by atoms with E-state index >= 15 is 0 Å². The fourth-order valence-electron chi connectivity index (χ4n) is 2.89. The van der Waals surface area contributed by atoms with Crippen molar-refractivity contribution in [3.05, 3.63) is 23.2 Å². The molecule has 1 aliphatic rings. The number of nitrogens with one attached hydrogen (secondary N) is 1. The normalized spacial score (nSPS) is 18.5. The molecule has 0 radical (unpaired) electrons. The average molecular weight is 405 g/mol. The molecule has 1 fully saturated rings. The number of piperidine rings is 1. The molecular formula is C17H25ClN2O5S.